The molecule has 17 heavy (non-hydrogen) atoms. The van der Waals surface area contributed by atoms with Crippen LogP contribution in [0.25, 0.3) is 0 Å². The lowest BCUT2D eigenvalue weighted by molar-refractivity contribution is 0.601. The number of anilines is 1. The Morgan fingerprint density at radius 1 is 1.53 bits per heavy atom. The third-order valence-electron chi connectivity index (χ3n) is 2.39. The highest BCUT2D eigenvalue weighted by Crippen LogP contribution is 2.22. The summed E-state index contributed by atoms with van der Waals surface area (Å²) in [5.74, 6) is 0.138. The molecule has 0 saturated carbocycles. The highest BCUT2D eigenvalue weighted by Gasteiger charge is 2.15. The first-order valence-corrected chi connectivity index (χ1v) is 5.84. The van der Waals surface area contributed by atoms with Gasteiger partial charge in [-0.2, -0.15) is 0 Å². The molecule has 7 heteroatoms. The van der Waals surface area contributed by atoms with E-state index in [4.69, 9.17) is 5.73 Å². The van der Waals surface area contributed by atoms with Crippen LogP contribution in [0.5, 0.6) is 0 Å². The largest absolute Gasteiger partial charge is 0.385 e. The summed E-state index contributed by atoms with van der Waals surface area (Å²) in [4.78, 5) is 30.2. The zero-order valence-corrected chi connectivity index (χ0v) is 10.2. The van der Waals surface area contributed by atoms with E-state index in [1.807, 2.05) is 13.8 Å². The lowest BCUT2D eigenvalue weighted by atomic mass is 10.3. The van der Waals surface area contributed by atoms with Gasteiger partial charge in [-0.3, -0.25) is 14.3 Å². The highest BCUT2D eigenvalue weighted by atomic mass is 32.1. The minimum Gasteiger partial charge on any atom is -0.385 e. The van der Waals surface area contributed by atoms with Crippen molar-refractivity contribution in [2.45, 2.75) is 19.9 Å². The van der Waals surface area contributed by atoms with Gasteiger partial charge in [0.15, 0.2) is 0 Å². The van der Waals surface area contributed by atoms with Gasteiger partial charge < -0.3 is 5.73 Å². The summed E-state index contributed by atoms with van der Waals surface area (Å²) < 4.78 is 1.32. The molecule has 0 aliphatic carbocycles. The normalized spacial score (nSPS) is 12.6. The van der Waals surface area contributed by atoms with Gasteiger partial charge in [-0.1, -0.05) is 0 Å². The van der Waals surface area contributed by atoms with Crippen LogP contribution in [0.3, 0.4) is 0 Å². The maximum Gasteiger partial charge on any atom is 0.330 e. The fourth-order valence-electron chi connectivity index (χ4n) is 1.60. The Bertz CT molecular complexity index is 655. The van der Waals surface area contributed by atoms with Gasteiger partial charge in [0.1, 0.15) is 10.8 Å². The standard InChI is InChI=1S/C10H12N4O2S/c1-5-4-12-9(17-5)6(2)14-7(11)3-8(15)13-10(14)16/h3-4,6H,11H2,1-2H3,(H,13,15,16). The number of aryl methyl sites for hydroxylation is 1. The Labute approximate surface area is 101 Å². The van der Waals surface area contributed by atoms with Gasteiger partial charge in [0.25, 0.3) is 5.56 Å². The summed E-state index contributed by atoms with van der Waals surface area (Å²) in [5, 5.41) is 0.781. The van der Waals surface area contributed by atoms with E-state index in [-0.39, 0.29) is 11.9 Å². The Balaban J connectivity index is 2.55. The number of rotatable bonds is 2. The minimum atomic E-state index is -0.518. The van der Waals surface area contributed by atoms with Gasteiger partial charge in [0.2, 0.25) is 0 Å². The number of thiazole rings is 1. The Kier molecular flexibility index (Phi) is 2.84. The number of nitrogens with two attached hydrogens (primary N) is 1. The third kappa shape index (κ3) is 2.14. The molecule has 2 heterocycles. The SMILES string of the molecule is Cc1cnc(C(C)n2c(N)cc(=O)[nH]c2=O)s1. The lowest BCUT2D eigenvalue weighted by Gasteiger charge is -2.14. The molecule has 0 aromatic carbocycles. The predicted molar refractivity (Wildman–Crippen MR) is 66.4 cm³/mol. The van der Waals surface area contributed by atoms with Crippen molar-refractivity contribution in [3.8, 4) is 0 Å². The van der Waals surface area contributed by atoms with Crippen molar-refractivity contribution >= 4 is 17.2 Å². The molecule has 1 unspecified atom stereocenters. The van der Waals surface area contributed by atoms with Gasteiger partial charge in [-0.05, 0) is 13.8 Å². The molecule has 6 nitrogen and oxygen atoms in total. The molecule has 2 aromatic heterocycles. The Morgan fingerprint density at radius 2 is 2.24 bits per heavy atom. The first-order chi connectivity index (χ1) is 7.99. The first-order valence-electron chi connectivity index (χ1n) is 5.02. The predicted octanol–water partition coefficient (Wildman–Crippen LogP) is 0.493. The van der Waals surface area contributed by atoms with E-state index in [2.05, 4.69) is 9.97 Å². The van der Waals surface area contributed by atoms with Crippen molar-refractivity contribution < 1.29 is 0 Å². The van der Waals surface area contributed by atoms with Crippen LogP contribution in [0.15, 0.2) is 21.9 Å². The number of aromatic amines is 1. The zero-order valence-electron chi connectivity index (χ0n) is 9.43. The monoisotopic (exact) mass is 252 g/mol. The fraction of sp³-hybridized carbons (Fsp3) is 0.300. The number of nitrogen functional groups attached to an aromatic ring is 1. The first kappa shape index (κ1) is 11.6. The second-order valence-corrected chi connectivity index (χ2v) is 4.99. The van der Waals surface area contributed by atoms with Crippen LogP contribution >= 0.6 is 11.3 Å². The molecule has 1 atom stereocenters. The average molecular weight is 252 g/mol. The van der Waals surface area contributed by atoms with Crippen molar-refractivity contribution in [1.29, 1.82) is 0 Å². The summed E-state index contributed by atoms with van der Waals surface area (Å²) in [6, 6.07) is 0.899. The molecule has 0 saturated heterocycles. The quantitative estimate of drug-likeness (QED) is 0.813. The van der Waals surface area contributed by atoms with Crippen molar-refractivity contribution in [2.75, 3.05) is 5.73 Å². The number of nitrogens with zero attached hydrogens (tertiary/aromatic N) is 2. The Hall–Kier alpha value is -1.89. The van der Waals surface area contributed by atoms with Gasteiger partial charge in [-0.25, -0.2) is 9.78 Å². The molecule has 0 aliphatic rings. The van der Waals surface area contributed by atoms with Crippen LogP contribution in [0.1, 0.15) is 22.9 Å². The molecule has 0 spiro atoms. The molecule has 0 fully saturated rings. The number of H-pyrrole nitrogens is 1. The molecule has 0 aliphatic heterocycles. The van der Waals surface area contributed by atoms with Crippen molar-refractivity contribution in [3.05, 3.63) is 43.0 Å². The number of aromatic nitrogens is 3. The van der Waals surface area contributed by atoms with E-state index in [0.717, 1.165) is 9.88 Å². The van der Waals surface area contributed by atoms with Crippen LogP contribution in [-0.4, -0.2) is 14.5 Å². The van der Waals surface area contributed by atoms with Crippen LogP contribution in [0.2, 0.25) is 0 Å². The van der Waals surface area contributed by atoms with Crippen LogP contribution < -0.4 is 17.0 Å². The molecule has 2 aromatic rings. The van der Waals surface area contributed by atoms with E-state index >= 15 is 0 Å². The summed E-state index contributed by atoms with van der Waals surface area (Å²) >= 11 is 1.49. The fourth-order valence-corrected chi connectivity index (χ4v) is 2.41. The minimum absolute atomic E-state index is 0.138. The number of nitrogens with one attached hydrogen (secondary N) is 1. The summed E-state index contributed by atoms with van der Waals surface area (Å²) in [6.07, 6.45) is 1.74. The third-order valence-corrected chi connectivity index (χ3v) is 3.47. The van der Waals surface area contributed by atoms with Gasteiger partial charge in [0, 0.05) is 17.1 Å². The molecular formula is C10H12N4O2S. The molecular weight excluding hydrogens is 240 g/mol. The van der Waals surface area contributed by atoms with Crippen molar-refractivity contribution in [2.24, 2.45) is 0 Å². The highest BCUT2D eigenvalue weighted by molar-refractivity contribution is 7.11. The molecule has 90 valence electrons. The van der Waals surface area contributed by atoms with Crippen LogP contribution in [-0.2, 0) is 0 Å². The van der Waals surface area contributed by atoms with Gasteiger partial charge in [-0.15, -0.1) is 11.3 Å². The topological polar surface area (TPSA) is 93.8 Å². The number of hydrogen-bond acceptors (Lipinski definition) is 5. The second kappa shape index (κ2) is 4.17. The summed E-state index contributed by atoms with van der Waals surface area (Å²) in [7, 11) is 0. The van der Waals surface area contributed by atoms with E-state index in [1.54, 1.807) is 6.20 Å². The molecule has 2 rings (SSSR count). The van der Waals surface area contributed by atoms with Crippen molar-refractivity contribution in [3.63, 3.8) is 0 Å². The summed E-state index contributed by atoms with van der Waals surface area (Å²) in [5.41, 5.74) is 4.67. The van der Waals surface area contributed by atoms with E-state index in [1.165, 1.54) is 22.0 Å². The zero-order chi connectivity index (χ0) is 12.6. The van der Waals surface area contributed by atoms with Crippen LogP contribution in [0, 0.1) is 6.92 Å². The second-order valence-electron chi connectivity index (χ2n) is 3.72. The van der Waals surface area contributed by atoms with E-state index in [0.29, 0.717) is 0 Å². The van der Waals surface area contributed by atoms with Crippen LogP contribution in [0.4, 0.5) is 5.82 Å². The molecule has 0 bridgehead atoms. The van der Waals surface area contributed by atoms with E-state index in [9.17, 15) is 9.59 Å². The summed E-state index contributed by atoms with van der Waals surface area (Å²) in [6.45, 7) is 3.75. The molecule has 3 N–H and O–H groups in total. The maximum atomic E-state index is 11.7. The van der Waals surface area contributed by atoms with E-state index < -0.39 is 11.2 Å². The Morgan fingerprint density at radius 3 is 2.76 bits per heavy atom. The molecule has 0 amide bonds. The molecule has 0 radical (unpaired) electrons. The smallest absolute Gasteiger partial charge is 0.330 e. The maximum absolute atomic E-state index is 11.7. The average Bonchev–Trinajstić information content (AvgIpc) is 2.63. The van der Waals surface area contributed by atoms with Crippen molar-refractivity contribution in [1.82, 2.24) is 14.5 Å². The lowest BCUT2D eigenvalue weighted by Crippen LogP contribution is -2.33. The van der Waals surface area contributed by atoms with Gasteiger partial charge in [0.05, 0.1) is 6.04 Å². The van der Waals surface area contributed by atoms with Gasteiger partial charge >= 0.3 is 5.69 Å². The number of hydrogen-bond donors (Lipinski definition) is 2.